The molecule has 1 aliphatic rings. The zero-order chi connectivity index (χ0) is 15.5. The third kappa shape index (κ3) is 3.02. The van der Waals surface area contributed by atoms with Crippen LogP contribution in [0.25, 0.3) is 0 Å². The Morgan fingerprint density at radius 3 is 2.55 bits per heavy atom. The maximum atomic E-state index is 13.7. The van der Waals surface area contributed by atoms with E-state index in [0.717, 1.165) is 5.56 Å². The largest absolute Gasteiger partial charge is 0.394 e. The van der Waals surface area contributed by atoms with Gasteiger partial charge in [-0.1, -0.05) is 48.5 Å². The number of rotatable bonds is 5. The first-order valence-electron chi connectivity index (χ1n) is 7.41. The molecule has 0 saturated heterocycles. The highest BCUT2D eigenvalue weighted by molar-refractivity contribution is 5.83. The van der Waals surface area contributed by atoms with Crippen LogP contribution >= 0.6 is 0 Å². The molecule has 0 bridgehead atoms. The Morgan fingerprint density at radius 1 is 1.18 bits per heavy atom. The van der Waals surface area contributed by atoms with E-state index in [2.05, 4.69) is 5.32 Å². The number of aliphatic hydroxyl groups is 1. The van der Waals surface area contributed by atoms with Crippen molar-refractivity contribution in [2.45, 2.75) is 18.4 Å². The van der Waals surface area contributed by atoms with Crippen LogP contribution in [0.15, 0.2) is 54.6 Å². The van der Waals surface area contributed by atoms with Gasteiger partial charge in [0.15, 0.2) is 0 Å². The van der Waals surface area contributed by atoms with Crippen LogP contribution in [0.1, 0.15) is 29.5 Å². The molecule has 3 nitrogen and oxygen atoms in total. The molecule has 0 heterocycles. The number of carbonyl (C=O) groups excluding carboxylic acids is 1. The Hall–Kier alpha value is -2.20. The molecule has 2 N–H and O–H groups in total. The zero-order valence-corrected chi connectivity index (χ0v) is 12.1. The van der Waals surface area contributed by atoms with Gasteiger partial charge in [-0.3, -0.25) is 4.79 Å². The molecule has 1 saturated carbocycles. The van der Waals surface area contributed by atoms with E-state index in [0.29, 0.717) is 12.0 Å². The highest BCUT2D eigenvalue weighted by Crippen LogP contribution is 2.48. The molecule has 2 aromatic carbocycles. The van der Waals surface area contributed by atoms with Crippen molar-refractivity contribution in [1.82, 2.24) is 5.32 Å². The Morgan fingerprint density at radius 2 is 1.86 bits per heavy atom. The summed E-state index contributed by atoms with van der Waals surface area (Å²) in [6.45, 7) is -0.160. The second-order valence-electron chi connectivity index (χ2n) is 5.62. The Bertz CT molecular complexity index is 659. The Kier molecular flexibility index (Phi) is 4.20. The van der Waals surface area contributed by atoms with Crippen molar-refractivity contribution in [3.8, 4) is 0 Å². The molecule has 22 heavy (non-hydrogen) atoms. The molecule has 114 valence electrons. The van der Waals surface area contributed by atoms with E-state index in [4.69, 9.17) is 0 Å². The van der Waals surface area contributed by atoms with Gasteiger partial charge in [-0.15, -0.1) is 0 Å². The average Bonchev–Trinajstić information content (AvgIpc) is 3.34. The fourth-order valence-electron chi connectivity index (χ4n) is 2.80. The van der Waals surface area contributed by atoms with Gasteiger partial charge in [0.2, 0.25) is 5.91 Å². The summed E-state index contributed by atoms with van der Waals surface area (Å²) in [6.07, 6.45) is 0.652. The third-order valence-corrected chi connectivity index (χ3v) is 4.13. The lowest BCUT2D eigenvalue weighted by molar-refractivity contribution is -0.123. The first-order valence-corrected chi connectivity index (χ1v) is 7.41. The summed E-state index contributed by atoms with van der Waals surface area (Å²) >= 11 is 0. The topological polar surface area (TPSA) is 49.3 Å². The number of hydrogen-bond donors (Lipinski definition) is 2. The zero-order valence-electron chi connectivity index (χ0n) is 12.1. The van der Waals surface area contributed by atoms with Gasteiger partial charge in [-0.05, 0) is 29.5 Å². The first-order chi connectivity index (χ1) is 10.7. The smallest absolute Gasteiger partial charge is 0.224 e. The summed E-state index contributed by atoms with van der Waals surface area (Å²) in [7, 11) is 0. The van der Waals surface area contributed by atoms with Crippen molar-refractivity contribution in [2.24, 2.45) is 5.92 Å². The number of halogens is 1. The molecule has 3 unspecified atom stereocenters. The van der Waals surface area contributed by atoms with E-state index in [9.17, 15) is 14.3 Å². The summed E-state index contributed by atoms with van der Waals surface area (Å²) in [6, 6.07) is 15.5. The Balaban J connectivity index is 1.65. The van der Waals surface area contributed by atoms with Crippen molar-refractivity contribution in [1.29, 1.82) is 0 Å². The van der Waals surface area contributed by atoms with Crippen LogP contribution < -0.4 is 5.32 Å². The predicted octanol–water partition coefficient (Wildman–Crippen LogP) is 2.78. The summed E-state index contributed by atoms with van der Waals surface area (Å²) in [5.74, 6) is -0.660. The van der Waals surface area contributed by atoms with E-state index in [1.165, 1.54) is 6.07 Å². The van der Waals surface area contributed by atoms with Crippen molar-refractivity contribution in [3.63, 3.8) is 0 Å². The lowest BCUT2D eigenvalue weighted by Gasteiger charge is -2.16. The molecule has 1 fully saturated rings. The number of hydrogen-bond acceptors (Lipinski definition) is 2. The number of benzene rings is 2. The van der Waals surface area contributed by atoms with Gasteiger partial charge in [0.25, 0.3) is 0 Å². The van der Waals surface area contributed by atoms with E-state index >= 15 is 0 Å². The Labute approximate surface area is 128 Å². The summed E-state index contributed by atoms with van der Waals surface area (Å²) in [4.78, 5) is 12.3. The minimum absolute atomic E-state index is 0.0590. The molecule has 2 aromatic rings. The number of aliphatic hydroxyl groups excluding tert-OH is 1. The maximum Gasteiger partial charge on any atom is 0.224 e. The van der Waals surface area contributed by atoms with E-state index in [1.54, 1.807) is 18.2 Å². The fourth-order valence-corrected chi connectivity index (χ4v) is 2.80. The lowest BCUT2D eigenvalue weighted by Crippen LogP contribution is -2.32. The van der Waals surface area contributed by atoms with Crippen molar-refractivity contribution in [2.75, 3.05) is 6.61 Å². The normalized spacial score (nSPS) is 21.2. The predicted molar refractivity (Wildman–Crippen MR) is 81.7 cm³/mol. The number of carbonyl (C=O) groups is 1. The number of nitrogens with one attached hydrogen (secondary N) is 1. The fraction of sp³-hybridized carbons (Fsp3) is 0.278. The highest BCUT2D eigenvalue weighted by Gasteiger charge is 2.45. The van der Waals surface area contributed by atoms with Gasteiger partial charge in [0.1, 0.15) is 5.82 Å². The third-order valence-electron chi connectivity index (χ3n) is 4.13. The van der Waals surface area contributed by atoms with Crippen molar-refractivity contribution in [3.05, 3.63) is 71.5 Å². The average molecular weight is 299 g/mol. The summed E-state index contributed by atoms with van der Waals surface area (Å²) in [5, 5.41) is 12.3. The number of amides is 1. The van der Waals surface area contributed by atoms with E-state index in [-0.39, 0.29) is 30.2 Å². The van der Waals surface area contributed by atoms with Gasteiger partial charge >= 0.3 is 0 Å². The molecule has 4 heteroatoms. The quantitative estimate of drug-likeness (QED) is 0.892. The van der Waals surface area contributed by atoms with E-state index in [1.807, 2.05) is 30.3 Å². The van der Waals surface area contributed by atoms with Crippen LogP contribution in [0.2, 0.25) is 0 Å². The molecule has 0 aromatic heterocycles. The van der Waals surface area contributed by atoms with Gasteiger partial charge < -0.3 is 10.4 Å². The van der Waals surface area contributed by atoms with E-state index < -0.39 is 6.04 Å². The van der Waals surface area contributed by atoms with Crippen LogP contribution in [0.3, 0.4) is 0 Å². The standard InChI is InChI=1S/C18H18FNO2/c19-16-9-5-4-8-13(16)14-10-15(14)18(22)20-17(11-21)12-6-2-1-3-7-12/h1-9,14-15,17,21H,10-11H2,(H,20,22). The highest BCUT2D eigenvalue weighted by atomic mass is 19.1. The minimum Gasteiger partial charge on any atom is -0.394 e. The van der Waals surface area contributed by atoms with Crippen LogP contribution in [0, 0.1) is 11.7 Å². The van der Waals surface area contributed by atoms with Crippen molar-refractivity contribution < 1.29 is 14.3 Å². The van der Waals surface area contributed by atoms with Crippen LogP contribution in [-0.4, -0.2) is 17.6 Å². The molecular weight excluding hydrogens is 281 g/mol. The molecular formula is C18H18FNO2. The van der Waals surface area contributed by atoms with Gasteiger partial charge in [0.05, 0.1) is 12.6 Å². The van der Waals surface area contributed by atoms with Crippen LogP contribution in [-0.2, 0) is 4.79 Å². The molecule has 1 aliphatic carbocycles. The second-order valence-corrected chi connectivity index (χ2v) is 5.62. The molecule has 1 amide bonds. The van der Waals surface area contributed by atoms with Gasteiger partial charge in [-0.25, -0.2) is 4.39 Å². The van der Waals surface area contributed by atoms with Crippen LogP contribution in [0.4, 0.5) is 4.39 Å². The first kappa shape index (κ1) is 14.7. The van der Waals surface area contributed by atoms with Crippen LogP contribution in [0.5, 0.6) is 0 Å². The SMILES string of the molecule is O=C(NC(CO)c1ccccc1)C1CC1c1ccccc1F. The summed E-state index contributed by atoms with van der Waals surface area (Å²) in [5.41, 5.74) is 1.46. The second kappa shape index (κ2) is 6.28. The molecule has 0 radical (unpaired) electrons. The lowest BCUT2D eigenvalue weighted by atomic mass is 10.1. The molecule has 3 atom stereocenters. The van der Waals surface area contributed by atoms with Gasteiger partial charge in [0, 0.05) is 5.92 Å². The van der Waals surface area contributed by atoms with Gasteiger partial charge in [-0.2, -0.15) is 0 Å². The monoisotopic (exact) mass is 299 g/mol. The van der Waals surface area contributed by atoms with Crippen molar-refractivity contribution >= 4 is 5.91 Å². The minimum atomic E-state index is -0.421. The summed E-state index contributed by atoms with van der Waals surface area (Å²) < 4.78 is 13.7. The molecule has 0 aliphatic heterocycles. The molecule has 3 rings (SSSR count). The molecule has 0 spiro atoms. The maximum absolute atomic E-state index is 13.7.